The van der Waals surface area contributed by atoms with Gasteiger partial charge in [-0.2, -0.15) is 0 Å². The van der Waals surface area contributed by atoms with E-state index in [1.165, 1.54) is 11.1 Å². The largest absolute Gasteiger partial charge is 0.392 e. The molecule has 0 fully saturated rings. The lowest BCUT2D eigenvalue weighted by molar-refractivity contribution is 0.282. The highest BCUT2D eigenvalue weighted by atomic mass is 79.9. The third-order valence-electron chi connectivity index (χ3n) is 3.19. The number of hydrogen-bond donors (Lipinski definition) is 2. The molecule has 1 atom stereocenters. The number of nitrogens with one attached hydrogen (secondary N) is 1. The van der Waals surface area contributed by atoms with Gasteiger partial charge in [0, 0.05) is 17.1 Å². The van der Waals surface area contributed by atoms with E-state index in [2.05, 4.69) is 52.4 Å². The van der Waals surface area contributed by atoms with E-state index in [0.29, 0.717) is 6.04 Å². The summed E-state index contributed by atoms with van der Waals surface area (Å²) in [5, 5.41) is 12.5. The average molecular weight is 320 g/mol. The average Bonchev–Trinajstić information content (AvgIpc) is 2.46. The minimum atomic E-state index is 0.100. The quantitative estimate of drug-likeness (QED) is 0.878. The lowest BCUT2D eigenvalue weighted by atomic mass is 10.1. The van der Waals surface area contributed by atoms with E-state index in [0.717, 1.165) is 16.6 Å². The Labute approximate surface area is 122 Å². The van der Waals surface area contributed by atoms with E-state index in [4.69, 9.17) is 5.11 Å². The second kappa shape index (κ2) is 6.85. The second-order valence-electron chi connectivity index (χ2n) is 4.63. The van der Waals surface area contributed by atoms with Crippen molar-refractivity contribution in [1.29, 1.82) is 0 Å². The number of aliphatic hydroxyl groups excluding tert-OH is 1. The lowest BCUT2D eigenvalue weighted by Crippen LogP contribution is -2.17. The van der Waals surface area contributed by atoms with Crippen LogP contribution in [0.5, 0.6) is 0 Å². The fraction of sp³-hybridized carbons (Fsp3) is 0.250. The van der Waals surface area contributed by atoms with E-state index >= 15 is 0 Å². The van der Waals surface area contributed by atoms with Crippen LogP contribution in [0, 0.1) is 0 Å². The van der Waals surface area contributed by atoms with E-state index < -0.39 is 0 Å². The van der Waals surface area contributed by atoms with Gasteiger partial charge in [0.1, 0.15) is 0 Å². The second-order valence-corrected chi connectivity index (χ2v) is 5.54. The number of benzene rings is 2. The summed E-state index contributed by atoms with van der Waals surface area (Å²) in [6, 6.07) is 16.7. The van der Waals surface area contributed by atoms with Crippen molar-refractivity contribution in [2.45, 2.75) is 26.1 Å². The first-order valence-corrected chi connectivity index (χ1v) is 7.16. The van der Waals surface area contributed by atoms with Gasteiger partial charge < -0.3 is 10.4 Å². The zero-order valence-corrected chi connectivity index (χ0v) is 12.5. The maximum Gasteiger partial charge on any atom is 0.0681 e. The normalized spacial score (nSPS) is 12.4. The summed E-state index contributed by atoms with van der Waals surface area (Å²) in [6.07, 6.45) is 0. The Kier molecular flexibility index (Phi) is 5.14. The van der Waals surface area contributed by atoms with Gasteiger partial charge in [0.05, 0.1) is 6.61 Å². The molecule has 0 spiro atoms. The van der Waals surface area contributed by atoms with Crippen molar-refractivity contribution in [2.24, 2.45) is 0 Å². The van der Waals surface area contributed by atoms with Crippen molar-refractivity contribution in [2.75, 3.05) is 0 Å². The highest BCUT2D eigenvalue weighted by Gasteiger charge is 2.04. The Morgan fingerprint density at radius 3 is 2.16 bits per heavy atom. The molecule has 0 saturated carbocycles. The number of hydrogen-bond acceptors (Lipinski definition) is 2. The van der Waals surface area contributed by atoms with Crippen molar-refractivity contribution in [3.8, 4) is 0 Å². The van der Waals surface area contributed by atoms with Gasteiger partial charge in [-0.05, 0) is 35.7 Å². The van der Waals surface area contributed by atoms with Crippen LogP contribution in [0.2, 0.25) is 0 Å². The fourth-order valence-corrected chi connectivity index (χ4v) is 2.17. The molecule has 0 heterocycles. The van der Waals surface area contributed by atoms with Crippen LogP contribution in [0.25, 0.3) is 0 Å². The predicted molar refractivity (Wildman–Crippen MR) is 81.8 cm³/mol. The van der Waals surface area contributed by atoms with E-state index in [1.54, 1.807) is 0 Å². The Balaban J connectivity index is 1.92. The fourth-order valence-electron chi connectivity index (χ4n) is 1.90. The van der Waals surface area contributed by atoms with Crippen molar-refractivity contribution in [3.05, 3.63) is 69.7 Å². The van der Waals surface area contributed by atoms with Gasteiger partial charge in [0.25, 0.3) is 0 Å². The van der Waals surface area contributed by atoms with E-state index in [1.807, 2.05) is 24.3 Å². The molecule has 2 nitrogen and oxygen atoms in total. The molecule has 0 unspecified atom stereocenters. The molecule has 2 aromatic rings. The summed E-state index contributed by atoms with van der Waals surface area (Å²) in [4.78, 5) is 0. The zero-order valence-electron chi connectivity index (χ0n) is 10.9. The molecular weight excluding hydrogens is 302 g/mol. The lowest BCUT2D eigenvalue weighted by Gasteiger charge is -2.14. The van der Waals surface area contributed by atoms with Crippen molar-refractivity contribution in [1.82, 2.24) is 5.32 Å². The highest BCUT2D eigenvalue weighted by molar-refractivity contribution is 9.10. The monoisotopic (exact) mass is 319 g/mol. The standard InChI is InChI=1S/C16H18BrNO/c1-12(15-6-8-16(17)9-7-15)18-10-13-2-4-14(11-19)5-3-13/h2-9,12,18-19H,10-11H2,1H3/t12-/m0/s1. The minimum Gasteiger partial charge on any atom is -0.392 e. The first kappa shape index (κ1) is 14.3. The number of halogens is 1. The highest BCUT2D eigenvalue weighted by Crippen LogP contribution is 2.17. The van der Waals surface area contributed by atoms with Crippen LogP contribution in [0.15, 0.2) is 53.0 Å². The van der Waals surface area contributed by atoms with Crippen LogP contribution < -0.4 is 5.32 Å². The van der Waals surface area contributed by atoms with Crippen molar-refractivity contribution >= 4 is 15.9 Å². The summed E-state index contributed by atoms with van der Waals surface area (Å²) in [5.41, 5.74) is 3.45. The predicted octanol–water partition coefficient (Wildman–Crippen LogP) is 3.79. The maximum absolute atomic E-state index is 9.00. The molecule has 0 aromatic heterocycles. The van der Waals surface area contributed by atoms with Crippen LogP contribution >= 0.6 is 15.9 Å². The molecule has 19 heavy (non-hydrogen) atoms. The molecule has 3 heteroatoms. The molecule has 0 saturated heterocycles. The van der Waals surface area contributed by atoms with E-state index in [-0.39, 0.29) is 6.61 Å². The molecule has 2 N–H and O–H groups in total. The first-order valence-electron chi connectivity index (χ1n) is 6.36. The van der Waals surface area contributed by atoms with Crippen molar-refractivity contribution < 1.29 is 5.11 Å². The summed E-state index contributed by atoms with van der Waals surface area (Å²) >= 11 is 3.44. The minimum absolute atomic E-state index is 0.100. The third-order valence-corrected chi connectivity index (χ3v) is 3.72. The summed E-state index contributed by atoms with van der Waals surface area (Å²) < 4.78 is 1.10. The van der Waals surface area contributed by atoms with Gasteiger partial charge in [-0.3, -0.25) is 0 Å². The SMILES string of the molecule is C[C@H](NCc1ccc(CO)cc1)c1ccc(Br)cc1. The van der Waals surface area contributed by atoms with Gasteiger partial charge >= 0.3 is 0 Å². The molecule has 2 rings (SSSR count). The Bertz CT molecular complexity index is 507. The van der Waals surface area contributed by atoms with Crippen molar-refractivity contribution in [3.63, 3.8) is 0 Å². The zero-order chi connectivity index (χ0) is 13.7. The van der Waals surface area contributed by atoms with Gasteiger partial charge in [-0.1, -0.05) is 52.3 Å². The molecule has 0 amide bonds. The van der Waals surface area contributed by atoms with Crippen LogP contribution in [0.4, 0.5) is 0 Å². The molecule has 100 valence electrons. The molecule has 0 aliphatic rings. The molecule has 0 radical (unpaired) electrons. The first-order chi connectivity index (χ1) is 9.19. The smallest absolute Gasteiger partial charge is 0.0681 e. The van der Waals surface area contributed by atoms with E-state index in [9.17, 15) is 0 Å². The Morgan fingerprint density at radius 1 is 1.00 bits per heavy atom. The van der Waals surface area contributed by atoms with Crippen LogP contribution in [-0.2, 0) is 13.2 Å². The van der Waals surface area contributed by atoms with Crippen LogP contribution in [-0.4, -0.2) is 5.11 Å². The van der Waals surface area contributed by atoms with Crippen LogP contribution in [0.3, 0.4) is 0 Å². The van der Waals surface area contributed by atoms with Gasteiger partial charge in [0.2, 0.25) is 0 Å². The summed E-state index contributed by atoms with van der Waals surface area (Å²) in [6.45, 7) is 3.08. The molecule has 0 bridgehead atoms. The molecule has 2 aromatic carbocycles. The molecule has 0 aliphatic carbocycles. The van der Waals surface area contributed by atoms with Gasteiger partial charge in [0.15, 0.2) is 0 Å². The topological polar surface area (TPSA) is 32.3 Å². The number of aliphatic hydroxyl groups is 1. The Hall–Kier alpha value is -1.16. The third kappa shape index (κ3) is 4.16. The maximum atomic E-state index is 9.00. The summed E-state index contributed by atoms with van der Waals surface area (Å²) in [5.74, 6) is 0. The van der Waals surface area contributed by atoms with Crippen LogP contribution in [0.1, 0.15) is 29.7 Å². The van der Waals surface area contributed by atoms with Gasteiger partial charge in [-0.25, -0.2) is 0 Å². The Morgan fingerprint density at radius 2 is 1.58 bits per heavy atom. The van der Waals surface area contributed by atoms with Gasteiger partial charge in [-0.15, -0.1) is 0 Å². The molecule has 0 aliphatic heterocycles. The summed E-state index contributed by atoms with van der Waals surface area (Å²) in [7, 11) is 0. The molecular formula is C16H18BrNO. The number of rotatable bonds is 5.